The molecule has 0 spiro atoms. The van der Waals surface area contributed by atoms with Gasteiger partial charge in [-0.2, -0.15) is 4.98 Å². The minimum Gasteiger partial charge on any atom is -0.461 e. The Hall–Kier alpha value is -1.27. The van der Waals surface area contributed by atoms with Gasteiger partial charge in [0.1, 0.15) is 11.0 Å². The molecule has 4 heteroatoms. The maximum atomic E-state index is 5.77. The van der Waals surface area contributed by atoms with Crippen molar-refractivity contribution in [3.05, 3.63) is 17.0 Å². The highest BCUT2D eigenvalue weighted by atomic mass is 35.5. The van der Waals surface area contributed by atoms with Crippen molar-refractivity contribution in [1.29, 1.82) is 0 Å². The number of hydrogen-bond acceptors (Lipinski definition) is 3. The molecule has 1 rings (SSSR count). The van der Waals surface area contributed by atoms with E-state index in [1.54, 1.807) is 13.0 Å². The number of terminal acetylenes is 1. The fourth-order valence-corrected chi connectivity index (χ4v) is 1.07. The SMILES string of the molecule is C#CC(C)Oc1cc(Cl)nc(CC)n1. The number of aryl methyl sites for hydroxylation is 1. The van der Waals surface area contributed by atoms with Gasteiger partial charge in [-0.05, 0) is 6.92 Å². The minimum atomic E-state index is -0.314. The first-order valence-corrected chi connectivity index (χ1v) is 4.69. The van der Waals surface area contributed by atoms with Gasteiger partial charge in [-0.3, -0.25) is 0 Å². The van der Waals surface area contributed by atoms with E-state index in [-0.39, 0.29) is 6.10 Å². The van der Waals surface area contributed by atoms with E-state index < -0.39 is 0 Å². The highest BCUT2D eigenvalue weighted by molar-refractivity contribution is 6.29. The molecular weight excluding hydrogens is 200 g/mol. The maximum Gasteiger partial charge on any atom is 0.219 e. The number of rotatable bonds is 3. The minimum absolute atomic E-state index is 0.314. The highest BCUT2D eigenvalue weighted by Gasteiger charge is 2.05. The summed E-state index contributed by atoms with van der Waals surface area (Å²) in [6.45, 7) is 3.71. The number of nitrogens with zero attached hydrogens (tertiary/aromatic N) is 2. The van der Waals surface area contributed by atoms with Crippen LogP contribution in [0.3, 0.4) is 0 Å². The Balaban J connectivity index is 2.87. The lowest BCUT2D eigenvalue weighted by Crippen LogP contribution is -2.10. The lowest BCUT2D eigenvalue weighted by atomic mass is 10.4. The van der Waals surface area contributed by atoms with Gasteiger partial charge in [-0.25, -0.2) is 4.98 Å². The Morgan fingerprint density at radius 1 is 1.64 bits per heavy atom. The van der Waals surface area contributed by atoms with Gasteiger partial charge in [0.15, 0.2) is 6.10 Å². The molecule has 0 aromatic carbocycles. The Labute approximate surface area is 88.5 Å². The molecule has 0 aliphatic carbocycles. The molecule has 0 radical (unpaired) electrons. The second kappa shape index (κ2) is 4.83. The van der Waals surface area contributed by atoms with Crippen molar-refractivity contribution in [2.45, 2.75) is 26.4 Å². The smallest absolute Gasteiger partial charge is 0.219 e. The molecule has 0 saturated carbocycles. The molecule has 0 amide bonds. The monoisotopic (exact) mass is 210 g/mol. The lowest BCUT2D eigenvalue weighted by Gasteiger charge is -2.08. The Morgan fingerprint density at radius 2 is 2.36 bits per heavy atom. The summed E-state index contributed by atoms with van der Waals surface area (Å²) in [5.41, 5.74) is 0. The van der Waals surface area contributed by atoms with Crippen LogP contribution in [0.2, 0.25) is 5.15 Å². The van der Waals surface area contributed by atoms with Crippen molar-refractivity contribution in [3.63, 3.8) is 0 Å². The molecule has 1 aromatic heterocycles. The molecule has 0 N–H and O–H groups in total. The van der Waals surface area contributed by atoms with Gasteiger partial charge >= 0.3 is 0 Å². The number of aromatic nitrogens is 2. The molecule has 74 valence electrons. The van der Waals surface area contributed by atoms with Crippen LogP contribution in [0.15, 0.2) is 6.07 Å². The lowest BCUT2D eigenvalue weighted by molar-refractivity contribution is 0.266. The fourth-order valence-electron chi connectivity index (χ4n) is 0.876. The van der Waals surface area contributed by atoms with Gasteiger partial charge in [-0.15, -0.1) is 6.42 Å². The number of hydrogen-bond donors (Lipinski definition) is 0. The molecule has 1 heterocycles. The Morgan fingerprint density at radius 3 is 2.93 bits per heavy atom. The molecular formula is C10H11ClN2O. The number of ether oxygens (including phenoxy) is 1. The summed E-state index contributed by atoms with van der Waals surface area (Å²) in [4.78, 5) is 8.13. The van der Waals surface area contributed by atoms with Gasteiger partial charge in [0.25, 0.3) is 0 Å². The van der Waals surface area contributed by atoms with Crippen molar-refractivity contribution in [1.82, 2.24) is 9.97 Å². The van der Waals surface area contributed by atoms with Gasteiger partial charge in [0, 0.05) is 12.5 Å². The van der Waals surface area contributed by atoms with Crippen molar-refractivity contribution in [2.75, 3.05) is 0 Å². The summed E-state index contributed by atoms with van der Waals surface area (Å²) < 4.78 is 5.32. The topological polar surface area (TPSA) is 35.0 Å². The predicted molar refractivity (Wildman–Crippen MR) is 55.3 cm³/mol. The van der Waals surface area contributed by atoms with Crippen LogP contribution in [-0.4, -0.2) is 16.1 Å². The standard InChI is InChI=1S/C10H11ClN2O/c1-4-7(3)14-10-6-8(11)12-9(5-2)13-10/h1,6-7H,5H2,2-3H3. The van der Waals surface area contributed by atoms with Crippen molar-refractivity contribution >= 4 is 11.6 Å². The average molecular weight is 211 g/mol. The molecule has 1 aromatic rings. The molecule has 0 fully saturated rings. The van der Waals surface area contributed by atoms with Crippen LogP contribution in [0.1, 0.15) is 19.7 Å². The maximum absolute atomic E-state index is 5.77. The van der Waals surface area contributed by atoms with Gasteiger partial charge in [-0.1, -0.05) is 24.4 Å². The van der Waals surface area contributed by atoms with Crippen LogP contribution >= 0.6 is 11.6 Å². The van der Waals surface area contributed by atoms with Gasteiger partial charge in [0.05, 0.1) is 0 Å². The van der Waals surface area contributed by atoms with Crippen LogP contribution < -0.4 is 4.74 Å². The number of halogens is 1. The summed E-state index contributed by atoms with van der Waals surface area (Å²) >= 11 is 5.77. The largest absolute Gasteiger partial charge is 0.461 e. The van der Waals surface area contributed by atoms with Crippen molar-refractivity contribution in [3.8, 4) is 18.2 Å². The Bertz CT molecular complexity index is 360. The van der Waals surface area contributed by atoms with Gasteiger partial charge in [0.2, 0.25) is 5.88 Å². The van der Waals surface area contributed by atoms with Crippen LogP contribution in [0.25, 0.3) is 0 Å². The van der Waals surface area contributed by atoms with E-state index >= 15 is 0 Å². The third kappa shape index (κ3) is 2.90. The predicted octanol–water partition coefficient (Wildman–Crippen LogP) is 2.09. The third-order valence-electron chi connectivity index (χ3n) is 1.57. The highest BCUT2D eigenvalue weighted by Crippen LogP contribution is 2.15. The zero-order valence-electron chi connectivity index (χ0n) is 8.12. The van der Waals surface area contributed by atoms with Gasteiger partial charge < -0.3 is 4.74 Å². The van der Waals surface area contributed by atoms with E-state index in [0.29, 0.717) is 23.3 Å². The van der Waals surface area contributed by atoms with Crippen molar-refractivity contribution in [2.24, 2.45) is 0 Å². The first-order valence-electron chi connectivity index (χ1n) is 4.32. The molecule has 1 unspecified atom stereocenters. The van der Waals surface area contributed by atoms with E-state index in [0.717, 1.165) is 0 Å². The second-order valence-electron chi connectivity index (χ2n) is 2.73. The van der Waals surface area contributed by atoms with E-state index in [1.165, 1.54) is 0 Å². The first-order chi connectivity index (χ1) is 6.65. The quantitative estimate of drug-likeness (QED) is 0.566. The first kappa shape index (κ1) is 10.8. The molecule has 3 nitrogen and oxygen atoms in total. The third-order valence-corrected chi connectivity index (χ3v) is 1.76. The molecule has 14 heavy (non-hydrogen) atoms. The summed E-state index contributed by atoms with van der Waals surface area (Å²) in [5.74, 6) is 3.52. The van der Waals surface area contributed by atoms with E-state index in [1.807, 2.05) is 6.92 Å². The van der Waals surface area contributed by atoms with Crippen LogP contribution in [0.4, 0.5) is 0 Å². The average Bonchev–Trinajstić information content (AvgIpc) is 2.16. The van der Waals surface area contributed by atoms with Crippen LogP contribution in [0.5, 0.6) is 5.88 Å². The van der Waals surface area contributed by atoms with E-state index in [4.69, 9.17) is 22.8 Å². The zero-order chi connectivity index (χ0) is 10.6. The molecule has 0 aliphatic heterocycles. The fraction of sp³-hybridized carbons (Fsp3) is 0.400. The summed E-state index contributed by atoms with van der Waals surface area (Å²) in [7, 11) is 0. The normalized spacial score (nSPS) is 11.9. The second-order valence-corrected chi connectivity index (χ2v) is 3.11. The van der Waals surface area contributed by atoms with E-state index in [2.05, 4.69) is 15.9 Å². The molecule has 0 aliphatic rings. The summed E-state index contributed by atoms with van der Waals surface area (Å²) in [5, 5.41) is 0.371. The molecule has 1 atom stereocenters. The van der Waals surface area contributed by atoms with Crippen LogP contribution in [0, 0.1) is 12.3 Å². The van der Waals surface area contributed by atoms with Crippen molar-refractivity contribution < 1.29 is 4.74 Å². The molecule has 0 bridgehead atoms. The zero-order valence-corrected chi connectivity index (χ0v) is 8.88. The van der Waals surface area contributed by atoms with Crippen LogP contribution in [-0.2, 0) is 6.42 Å². The van der Waals surface area contributed by atoms with E-state index in [9.17, 15) is 0 Å². The summed E-state index contributed by atoms with van der Waals surface area (Å²) in [6, 6.07) is 1.55. The molecule has 0 saturated heterocycles. The Kier molecular flexibility index (Phi) is 3.73. The summed E-state index contributed by atoms with van der Waals surface area (Å²) in [6.07, 6.45) is 5.57.